The van der Waals surface area contributed by atoms with Gasteiger partial charge >= 0.3 is 0 Å². The molecule has 1 aliphatic rings. The zero-order valence-electron chi connectivity index (χ0n) is 18.6. The number of carbonyl (C=O) groups excluding carboxylic acids is 1. The molecule has 3 aromatic rings. The largest absolute Gasteiger partial charge is 0.493 e. The van der Waals surface area contributed by atoms with E-state index in [0.717, 1.165) is 12.1 Å². The number of carbonyl (C=O) groups is 1. The van der Waals surface area contributed by atoms with Gasteiger partial charge in [0.2, 0.25) is 0 Å². The third kappa shape index (κ3) is 5.79. The maximum Gasteiger partial charge on any atom is 0.264 e. The van der Waals surface area contributed by atoms with Crippen molar-refractivity contribution in [2.45, 2.75) is 20.0 Å². The van der Waals surface area contributed by atoms with Gasteiger partial charge in [-0.2, -0.15) is 0 Å². The Morgan fingerprint density at radius 2 is 1.91 bits per heavy atom. The van der Waals surface area contributed by atoms with Crippen LogP contribution in [-0.2, 0) is 17.8 Å². The Labute approximate surface area is 206 Å². The molecule has 0 aliphatic carbocycles. The molecule has 0 radical (unpaired) electrons. The maximum atomic E-state index is 13.4. The van der Waals surface area contributed by atoms with Gasteiger partial charge in [0.1, 0.15) is 12.4 Å². The van der Waals surface area contributed by atoms with Crippen molar-refractivity contribution >= 4 is 46.2 Å². The second-order valence-electron chi connectivity index (χ2n) is 7.45. The molecule has 1 amide bonds. The quantitative estimate of drug-likeness (QED) is 0.378. The van der Waals surface area contributed by atoms with Crippen LogP contribution >= 0.6 is 23.4 Å². The maximum absolute atomic E-state index is 13.4. The van der Waals surface area contributed by atoms with Crippen LogP contribution in [0.1, 0.15) is 23.6 Å². The van der Waals surface area contributed by atoms with Gasteiger partial charge in [-0.1, -0.05) is 42.8 Å². The lowest BCUT2D eigenvalue weighted by Crippen LogP contribution is -2.19. The van der Waals surface area contributed by atoms with Crippen molar-refractivity contribution in [3.8, 4) is 11.5 Å². The standard InChI is InChI=1S/C26H22ClFN2O3S/c1-3-16-7-9-20(10-8-16)29-26-30-25(31)23(34-26)14-18-12-21(27)24(22(13-18)32-2)33-15-17-5-4-6-19(28)11-17/h4-14H,3,15H2,1-2H3,(H,29,30,31)/b23-14-. The minimum atomic E-state index is -0.339. The summed E-state index contributed by atoms with van der Waals surface area (Å²) >= 11 is 7.70. The first-order valence-electron chi connectivity index (χ1n) is 10.6. The van der Waals surface area contributed by atoms with Gasteiger partial charge in [-0.25, -0.2) is 9.38 Å². The van der Waals surface area contributed by atoms with Gasteiger partial charge in [0, 0.05) is 0 Å². The Bertz CT molecular complexity index is 1280. The lowest BCUT2D eigenvalue weighted by molar-refractivity contribution is -0.115. The van der Waals surface area contributed by atoms with E-state index in [2.05, 4.69) is 17.2 Å². The van der Waals surface area contributed by atoms with Crippen molar-refractivity contribution in [3.05, 3.63) is 93.1 Å². The summed E-state index contributed by atoms with van der Waals surface area (Å²) in [5.74, 6) is 0.172. The molecule has 0 unspecified atom stereocenters. The smallest absolute Gasteiger partial charge is 0.264 e. The van der Waals surface area contributed by atoms with Crippen LogP contribution in [0.15, 0.2) is 70.6 Å². The summed E-state index contributed by atoms with van der Waals surface area (Å²) in [6.45, 7) is 2.22. The predicted molar refractivity (Wildman–Crippen MR) is 135 cm³/mol. The summed E-state index contributed by atoms with van der Waals surface area (Å²) in [7, 11) is 1.50. The first-order valence-corrected chi connectivity index (χ1v) is 11.8. The molecular formula is C26H22ClFN2O3S. The van der Waals surface area contributed by atoms with Gasteiger partial charge in [-0.3, -0.25) is 4.79 Å². The number of aryl methyl sites for hydroxylation is 1. The third-order valence-electron chi connectivity index (χ3n) is 5.05. The molecule has 0 saturated carbocycles. The van der Waals surface area contributed by atoms with Gasteiger partial charge in [-0.15, -0.1) is 0 Å². The summed E-state index contributed by atoms with van der Waals surface area (Å²) in [6, 6.07) is 17.4. The van der Waals surface area contributed by atoms with Crippen LogP contribution in [0.5, 0.6) is 11.5 Å². The van der Waals surface area contributed by atoms with Crippen LogP contribution in [0, 0.1) is 5.82 Å². The molecule has 4 rings (SSSR count). The highest BCUT2D eigenvalue weighted by Crippen LogP contribution is 2.38. The number of hydrogen-bond acceptors (Lipinski definition) is 5. The van der Waals surface area contributed by atoms with Crippen molar-refractivity contribution in [3.63, 3.8) is 0 Å². The molecule has 3 aromatic carbocycles. The number of nitrogens with one attached hydrogen (secondary N) is 1. The molecule has 0 bridgehead atoms. The van der Waals surface area contributed by atoms with Crippen LogP contribution in [0.3, 0.4) is 0 Å². The van der Waals surface area contributed by atoms with Gasteiger partial charge in [0.15, 0.2) is 16.7 Å². The minimum Gasteiger partial charge on any atom is -0.493 e. The Balaban J connectivity index is 1.52. The van der Waals surface area contributed by atoms with Crippen molar-refractivity contribution in [1.82, 2.24) is 5.32 Å². The fourth-order valence-electron chi connectivity index (χ4n) is 3.30. The fourth-order valence-corrected chi connectivity index (χ4v) is 4.42. The number of benzene rings is 3. The van der Waals surface area contributed by atoms with E-state index < -0.39 is 0 Å². The summed E-state index contributed by atoms with van der Waals surface area (Å²) in [5, 5.41) is 3.61. The summed E-state index contributed by atoms with van der Waals surface area (Å²) in [6.07, 6.45) is 2.67. The van der Waals surface area contributed by atoms with E-state index in [1.54, 1.807) is 30.3 Å². The summed E-state index contributed by atoms with van der Waals surface area (Å²) in [4.78, 5) is 17.5. The highest BCUT2D eigenvalue weighted by molar-refractivity contribution is 8.18. The molecule has 1 saturated heterocycles. The van der Waals surface area contributed by atoms with E-state index >= 15 is 0 Å². The molecular weight excluding hydrogens is 475 g/mol. The van der Waals surface area contributed by atoms with E-state index in [-0.39, 0.29) is 18.3 Å². The first-order chi connectivity index (χ1) is 16.4. The third-order valence-corrected chi connectivity index (χ3v) is 6.24. The normalized spacial score (nSPS) is 15.6. The van der Waals surface area contributed by atoms with Crippen molar-refractivity contribution in [2.24, 2.45) is 4.99 Å². The number of thioether (sulfide) groups is 1. The average molecular weight is 497 g/mol. The van der Waals surface area contributed by atoms with E-state index in [9.17, 15) is 9.18 Å². The van der Waals surface area contributed by atoms with E-state index in [0.29, 0.717) is 37.7 Å². The second-order valence-corrected chi connectivity index (χ2v) is 8.89. The van der Waals surface area contributed by atoms with Gasteiger partial charge in [0.25, 0.3) is 5.91 Å². The van der Waals surface area contributed by atoms with E-state index in [1.807, 2.05) is 24.3 Å². The SMILES string of the molecule is CCc1ccc(N=C2NC(=O)/C(=C/c3cc(Cl)c(OCc4cccc(F)c4)c(OC)c3)S2)cc1. The van der Waals surface area contributed by atoms with Gasteiger partial charge < -0.3 is 14.8 Å². The lowest BCUT2D eigenvalue weighted by atomic mass is 10.1. The molecule has 0 atom stereocenters. The fraction of sp³-hybridized carbons (Fsp3) is 0.154. The highest BCUT2D eigenvalue weighted by atomic mass is 35.5. The summed E-state index contributed by atoms with van der Waals surface area (Å²) in [5.41, 5.74) is 3.33. The number of rotatable bonds is 7. The molecule has 0 spiro atoms. The van der Waals surface area contributed by atoms with Crippen LogP contribution in [0.25, 0.3) is 6.08 Å². The summed E-state index contributed by atoms with van der Waals surface area (Å²) < 4.78 is 24.7. The average Bonchev–Trinajstić information content (AvgIpc) is 3.16. The van der Waals surface area contributed by atoms with E-state index in [1.165, 1.54) is 36.6 Å². The Morgan fingerprint density at radius 1 is 1.12 bits per heavy atom. The number of amides is 1. The van der Waals surface area contributed by atoms with Crippen LogP contribution in [0.4, 0.5) is 10.1 Å². The lowest BCUT2D eigenvalue weighted by Gasteiger charge is -2.13. The topological polar surface area (TPSA) is 59.9 Å². The van der Waals surface area contributed by atoms with Crippen molar-refractivity contribution in [1.29, 1.82) is 0 Å². The monoisotopic (exact) mass is 496 g/mol. The molecule has 1 N–H and O–H groups in total. The number of methoxy groups -OCH3 is 1. The van der Waals surface area contributed by atoms with E-state index in [4.69, 9.17) is 21.1 Å². The Kier molecular flexibility index (Phi) is 7.55. The number of hydrogen-bond donors (Lipinski definition) is 1. The van der Waals surface area contributed by atoms with Crippen LogP contribution in [0.2, 0.25) is 5.02 Å². The predicted octanol–water partition coefficient (Wildman–Crippen LogP) is 6.52. The molecule has 1 heterocycles. The van der Waals surface area contributed by atoms with Gasteiger partial charge in [-0.05, 0) is 77.3 Å². The Hall–Kier alpha value is -3.29. The van der Waals surface area contributed by atoms with Gasteiger partial charge in [0.05, 0.1) is 22.7 Å². The number of amidine groups is 1. The number of halogens is 2. The number of aliphatic imine (C=N–C) groups is 1. The molecule has 8 heteroatoms. The van der Waals surface area contributed by atoms with Crippen molar-refractivity contribution in [2.75, 3.05) is 7.11 Å². The van der Waals surface area contributed by atoms with Crippen LogP contribution < -0.4 is 14.8 Å². The van der Waals surface area contributed by atoms with Crippen LogP contribution in [-0.4, -0.2) is 18.2 Å². The van der Waals surface area contributed by atoms with Crippen molar-refractivity contribution < 1.29 is 18.7 Å². The zero-order valence-corrected chi connectivity index (χ0v) is 20.2. The molecule has 0 aromatic heterocycles. The number of ether oxygens (including phenoxy) is 2. The zero-order chi connectivity index (χ0) is 24.1. The number of nitrogens with zero attached hydrogens (tertiary/aromatic N) is 1. The Morgan fingerprint density at radius 3 is 2.62 bits per heavy atom. The minimum absolute atomic E-state index is 0.131. The molecule has 174 valence electrons. The second kappa shape index (κ2) is 10.8. The molecule has 1 aliphatic heterocycles. The molecule has 34 heavy (non-hydrogen) atoms. The molecule has 5 nitrogen and oxygen atoms in total. The molecule has 1 fully saturated rings. The highest BCUT2D eigenvalue weighted by Gasteiger charge is 2.24. The first kappa shape index (κ1) is 23.9.